The molecule has 1 aromatic carbocycles. The van der Waals surface area contributed by atoms with Crippen LogP contribution in [0.3, 0.4) is 0 Å². The standard InChI is InChI=1S/C21H34N4O2/c1-19(17-23-13-15-27-16-14-23)25(18-20-5-3-2-4-6-20)10-7-21(26)24-11-8-22-9-12-24/h2-6,19,22H,7-18H2,1H3. The lowest BCUT2D eigenvalue weighted by Gasteiger charge is -2.35. The Bertz CT molecular complexity index is 557. The molecule has 0 radical (unpaired) electrons. The predicted molar refractivity (Wildman–Crippen MR) is 108 cm³/mol. The van der Waals surface area contributed by atoms with Gasteiger partial charge in [-0.25, -0.2) is 0 Å². The zero-order chi connectivity index (χ0) is 18.9. The van der Waals surface area contributed by atoms with E-state index in [1.54, 1.807) is 0 Å². The number of amides is 1. The molecular formula is C21H34N4O2. The van der Waals surface area contributed by atoms with Crippen LogP contribution in [0.2, 0.25) is 0 Å². The average Bonchev–Trinajstić information content (AvgIpc) is 2.73. The number of carbonyl (C=O) groups is 1. The van der Waals surface area contributed by atoms with Crippen LogP contribution >= 0.6 is 0 Å². The van der Waals surface area contributed by atoms with Crippen LogP contribution in [0, 0.1) is 0 Å². The molecule has 2 saturated heterocycles. The molecule has 0 bridgehead atoms. The number of nitrogens with zero attached hydrogens (tertiary/aromatic N) is 3. The van der Waals surface area contributed by atoms with E-state index in [0.29, 0.717) is 12.5 Å². The molecule has 2 aliphatic heterocycles. The van der Waals surface area contributed by atoms with Gasteiger partial charge >= 0.3 is 0 Å². The minimum atomic E-state index is 0.285. The number of hydrogen-bond donors (Lipinski definition) is 1. The first-order chi connectivity index (χ1) is 13.2. The van der Waals surface area contributed by atoms with Crippen LogP contribution < -0.4 is 5.32 Å². The van der Waals surface area contributed by atoms with Gasteiger partial charge in [-0.15, -0.1) is 0 Å². The number of nitrogens with one attached hydrogen (secondary N) is 1. The number of rotatable bonds is 8. The van der Waals surface area contributed by atoms with E-state index < -0.39 is 0 Å². The highest BCUT2D eigenvalue weighted by Crippen LogP contribution is 2.12. The molecule has 150 valence electrons. The van der Waals surface area contributed by atoms with E-state index >= 15 is 0 Å². The Kier molecular flexibility index (Phi) is 8.08. The molecular weight excluding hydrogens is 340 g/mol. The van der Waals surface area contributed by atoms with Crippen LogP contribution in [0.4, 0.5) is 0 Å². The van der Waals surface area contributed by atoms with Gasteiger partial charge in [0.05, 0.1) is 13.2 Å². The van der Waals surface area contributed by atoms with E-state index in [1.165, 1.54) is 5.56 Å². The Morgan fingerprint density at radius 1 is 1.15 bits per heavy atom. The van der Waals surface area contributed by atoms with Crippen molar-refractivity contribution in [2.45, 2.75) is 25.9 Å². The number of piperazine rings is 1. The summed E-state index contributed by atoms with van der Waals surface area (Å²) in [5, 5.41) is 3.31. The third-order valence-corrected chi connectivity index (χ3v) is 5.56. The Morgan fingerprint density at radius 3 is 2.56 bits per heavy atom. The van der Waals surface area contributed by atoms with Crippen molar-refractivity contribution in [1.82, 2.24) is 20.0 Å². The van der Waals surface area contributed by atoms with E-state index in [0.717, 1.165) is 72.1 Å². The maximum Gasteiger partial charge on any atom is 0.223 e. The van der Waals surface area contributed by atoms with E-state index in [2.05, 4.69) is 52.4 Å². The summed E-state index contributed by atoms with van der Waals surface area (Å²) in [5.41, 5.74) is 1.31. The second-order valence-electron chi connectivity index (χ2n) is 7.60. The van der Waals surface area contributed by atoms with Crippen molar-refractivity contribution in [3.05, 3.63) is 35.9 Å². The lowest BCUT2D eigenvalue weighted by molar-refractivity contribution is -0.132. The molecule has 0 aliphatic carbocycles. The van der Waals surface area contributed by atoms with Gasteiger partial charge in [0, 0.05) is 71.4 Å². The summed E-state index contributed by atoms with van der Waals surface area (Å²) in [6, 6.07) is 11.0. The summed E-state index contributed by atoms with van der Waals surface area (Å²) in [4.78, 5) is 19.6. The van der Waals surface area contributed by atoms with E-state index in [-0.39, 0.29) is 5.91 Å². The molecule has 1 atom stereocenters. The average molecular weight is 375 g/mol. The van der Waals surface area contributed by atoms with E-state index in [9.17, 15) is 4.79 Å². The predicted octanol–water partition coefficient (Wildman–Crippen LogP) is 1.03. The van der Waals surface area contributed by atoms with Gasteiger partial charge in [-0.05, 0) is 12.5 Å². The molecule has 1 unspecified atom stereocenters. The van der Waals surface area contributed by atoms with Crippen LogP contribution in [0.25, 0.3) is 0 Å². The Hall–Kier alpha value is -1.47. The monoisotopic (exact) mass is 374 g/mol. The van der Waals surface area contributed by atoms with Crippen LogP contribution in [0.15, 0.2) is 30.3 Å². The summed E-state index contributed by atoms with van der Waals surface area (Å²) in [5.74, 6) is 0.285. The third-order valence-electron chi connectivity index (χ3n) is 5.56. The normalized spacial score (nSPS) is 20.0. The fourth-order valence-electron chi connectivity index (χ4n) is 3.86. The highest BCUT2D eigenvalue weighted by atomic mass is 16.5. The lowest BCUT2D eigenvalue weighted by atomic mass is 10.1. The topological polar surface area (TPSA) is 48.1 Å². The van der Waals surface area contributed by atoms with Gasteiger partial charge < -0.3 is 15.0 Å². The second-order valence-corrected chi connectivity index (χ2v) is 7.60. The van der Waals surface area contributed by atoms with Crippen molar-refractivity contribution in [2.75, 3.05) is 65.6 Å². The van der Waals surface area contributed by atoms with Gasteiger partial charge in [-0.1, -0.05) is 30.3 Å². The van der Waals surface area contributed by atoms with Crippen molar-refractivity contribution in [3.63, 3.8) is 0 Å². The SMILES string of the molecule is CC(CN1CCOCC1)N(CCC(=O)N1CCNCC1)Cc1ccccc1. The van der Waals surface area contributed by atoms with Gasteiger partial charge in [-0.2, -0.15) is 0 Å². The maximum atomic E-state index is 12.6. The Labute approximate surface area is 163 Å². The molecule has 1 aromatic rings. The lowest BCUT2D eigenvalue weighted by Crippen LogP contribution is -2.48. The summed E-state index contributed by atoms with van der Waals surface area (Å²) in [7, 11) is 0. The van der Waals surface area contributed by atoms with Crippen LogP contribution in [-0.2, 0) is 16.1 Å². The molecule has 1 amide bonds. The Morgan fingerprint density at radius 2 is 1.85 bits per heavy atom. The van der Waals surface area contributed by atoms with Gasteiger partial charge in [-0.3, -0.25) is 14.6 Å². The molecule has 6 nitrogen and oxygen atoms in total. The molecule has 2 aliphatic rings. The van der Waals surface area contributed by atoms with Crippen molar-refractivity contribution >= 4 is 5.91 Å². The molecule has 27 heavy (non-hydrogen) atoms. The van der Waals surface area contributed by atoms with E-state index in [4.69, 9.17) is 4.74 Å². The third kappa shape index (κ3) is 6.57. The number of carbonyl (C=O) groups excluding carboxylic acids is 1. The van der Waals surface area contributed by atoms with Crippen molar-refractivity contribution < 1.29 is 9.53 Å². The van der Waals surface area contributed by atoms with Crippen molar-refractivity contribution in [3.8, 4) is 0 Å². The molecule has 0 aromatic heterocycles. The largest absolute Gasteiger partial charge is 0.379 e. The van der Waals surface area contributed by atoms with Gasteiger partial charge in [0.2, 0.25) is 5.91 Å². The minimum absolute atomic E-state index is 0.285. The summed E-state index contributed by atoms with van der Waals surface area (Å²) in [6.45, 7) is 12.2. The minimum Gasteiger partial charge on any atom is -0.379 e. The number of morpholine rings is 1. The molecule has 2 fully saturated rings. The van der Waals surface area contributed by atoms with Gasteiger partial charge in [0.15, 0.2) is 0 Å². The van der Waals surface area contributed by atoms with Gasteiger partial charge in [0.25, 0.3) is 0 Å². The number of benzene rings is 1. The van der Waals surface area contributed by atoms with Crippen LogP contribution in [0.1, 0.15) is 18.9 Å². The van der Waals surface area contributed by atoms with Crippen LogP contribution in [-0.4, -0.2) is 92.2 Å². The summed E-state index contributed by atoms with van der Waals surface area (Å²) < 4.78 is 5.47. The smallest absolute Gasteiger partial charge is 0.223 e. The highest BCUT2D eigenvalue weighted by molar-refractivity contribution is 5.76. The zero-order valence-corrected chi connectivity index (χ0v) is 16.6. The summed E-state index contributed by atoms with van der Waals surface area (Å²) >= 11 is 0. The molecule has 2 heterocycles. The Balaban J connectivity index is 1.56. The summed E-state index contributed by atoms with van der Waals surface area (Å²) in [6.07, 6.45) is 0.598. The zero-order valence-electron chi connectivity index (χ0n) is 16.6. The molecule has 3 rings (SSSR count). The first kappa shape index (κ1) is 20.3. The van der Waals surface area contributed by atoms with Gasteiger partial charge in [0.1, 0.15) is 0 Å². The quantitative estimate of drug-likeness (QED) is 0.737. The van der Waals surface area contributed by atoms with E-state index in [1.807, 2.05) is 4.90 Å². The molecule has 1 N–H and O–H groups in total. The number of hydrogen-bond acceptors (Lipinski definition) is 5. The second kappa shape index (κ2) is 10.8. The first-order valence-corrected chi connectivity index (χ1v) is 10.3. The highest BCUT2D eigenvalue weighted by Gasteiger charge is 2.22. The fraction of sp³-hybridized carbons (Fsp3) is 0.667. The number of ether oxygens (including phenoxy) is 1. The molecule has 0 spiro atoms. The molecule has 0 saturated carbocycles. The fourth-order valence-corrected chi connectivity index (χ4v) is 3.86. The maximum absolute atomic E-state index is 12.6. The first-order valence-electron chi connectivity index (χ1n) is 10.3. The van der Waals surface area contributed by atoms with Crippen molar-refractivity contribution in [2.24, 2.45) is 0 Å². The molecule has 6 heteroatoms. The van der Waals surface area contributed by atoms with Crippen LogP contribution in [0.5, 0.6) is 0 Å². The van der Waals surface area contributed by atoms with Crippen molar-refractivity contribution in [1.29, 1.82) is 0 Å².